The van der Waals surface area contributed by atoms with Crippen molar-refractivity contribution in [2.45, 2.75) is 32.7 Å². The highest BCUT2D eigenvalue weighted by Crippen LogP contribution is 2.26. The molecule has 0 fully saturated rings. The van der Waals surface area contributed by atoms with Crippen LogP contribution in [0.3, 0.4) is 0 Å². The van der Waals surface area contributed by atoms with Crippen LogP contribution in [0.1, 0.15) is 37.3 Å². The molecule has 0 heterocycles. The van der Waals surface area contributed by atoms with E-state index in [1.54, 1.807) is 6.07 Å². The molecule has 0 bridgehead atoms. The van der Waals surface area contributed by atoms with E-state index < -0.39 is 0 Å². The van der Waals surface area contributed by atoms with Crippen molar-refractivity contribution in [3.05, 3.63) is 29.3 Å². The predicted molar refractivity (Wildman–Crippen MR) is 76.3 cm³/mol. The molecule has 0 aliphatic heterocycles. The summed E-state index contributed by atoms with van der Waals surface area (Å²) in [6, 6.07) is 5.70. The highest BCUT2D eigenvalue weighted by Gasteiger charge is 2.11. The number of benzene rings is 1. The summed E-state index contributed by atoms with van der Waals surface area (Å²) in [4.78, 5) is 1.93. The third kappa shape index (κ3) is 4.82. The summed E-state index contributed by atoms with van der Waals surface area (Å²) in [6.07, 6.45) is 1.06. The summed E-state index contributed by atoms with van der Waals surface area (Å²) in [7, 11) is 0. The van der Waals surface area contributed by atoms with Crippen molar-refractivity contribution in [1.29, 1.82) is 0 Å². The minimum absolute atomic E-state index is 0.0474. The second-order valence-electron chi connectivity index (χ2n) is 4.92. The van der Waals surface area contributed by atoms with Gasteiger partial charge < -0.3 is 15.3 Å². The zero-order valence-electron chi connectivity index (χ0n) is 11.8. The Hall–Kier alpha value is -1.10. The molecule has 1 aromatic rings. The molecule has 0 saturated carbocycles. The van der Waals surface area contributed by atoms with Crippen LogP contribution in [-0.4, -0.2) is 46.5 Å². The molecule has 4 heteroatoms. The molecular formula is C15H25NO3. The van der Waals surface area contributed by atoms with Crippen molar-refractivity contribution < 1.29 is 15.3 Å². The quantitative estimate of drug-likeness (QED) is 0.671. The average molecular weight is 267 g/mol. The summed E-state index contributed by atoms with van der Waals surface area (Å²) in [5, 5.41) is 27.9. The molecule has 1 aromatic carbocycles. The molecule has 0 aromatic heterocycles. The van der Waals surface area contributed by atoms with Crippen LogP contribution in [0.4, 0.5) is 0 Å². The molecule has 1 atom stereocenters. The Balaban J connectivity index is 2.85. The molecule has 0 saturated heterocycles. The number of phenols is 1. The van der Waals surface area contributed by atoms with Crippen molar-refractivity contribution >= 4 is 0 Å². The van der Waals surface area contributed by atoms with Gasteiger partial charge in [0.1, 0.15) is 5.75 Å². The highest BCUT2D eigenvalue weighted by atomic mass is 16.3. The van der Waals surface area contributed by atoms with E-state index in [-0.39, 0.29) is 19.0 Å². The molecule has 3 N–H and O–H groups in total. The van der Waals surface area contributed by atoms with Gasteiger partial charge >= 0.3 is 0 Å². The van der Waals surface area contributed by atoms with E-state index >= 15 is 0 Å². The van der Waals surface area contributed by atoms with Crippen molar-refractivity contribution in [3.8, 4) is 5.75 Å². The Labute approximate surface area is 115 Å². The van der Waals surface area contributed by atoms with Crippen LogP contribution in [-0.2, 0) is 6.54 Å². The Morgan fingerprint density at radius 1 is 1.16 bits per heavy atom. The summed E-state index contributed by atoms with van der Waals surface area (Å²) in [5.74, 6) is 0.733. The van der Waals surface area contributed by atoms with Crippen LogP contribution < -0.4 is 0 Å². The van der Waals surface area contributed by atoms with Crippen LogP contribution in [0.5, 0.6) is 5.75 Å². The summed E-state index contributed by atoms with van der Waals surface area (Å²) < 4.78 is 0. The van der Waals surface area contributed by atoms with Gasteiger partial charge in [-0.05, 0) is 24.0 Å². The lowest BCUT2D eigenvalue weighted by Gasteiger charge is -2.21. The van der Waals surface area contributed by atoms with Crippen molar-refractivity contribution in [2.24, 2.45) is 0 Å². The van der Waals surface area contributed by atoms with Gasteiger partial charge in [-0.15, -0.1) is 0 Å². The number of phenolic OH excluding ortho intramolecular Hbond substituents is 1. The zero-order chi connectivity index (χ0) is 14.3. The van der Waals surface area contributed by atoms with E-state index in [2.05, 4.69) is 13.8 Å². The lowest BCUT2D eigenvalue weighted by atomic mass is 9.96. The largest absolute Gasteiger partial charge is 0.508 e. The average Bonchev–Trinajstić information content (AvgIpc) is 2.41. The number of aromatic hydroxyl groups is 1. The number of nitrogens with zero attached hydrogens (tertiary/aromatic N) is 1. The smallest absolute Gasteiger partial charge is 0.120 e. The highest BCUT2D eigenvalue weighted by molar-refractivity contribution is 5.37. The Morgan fingerprint density at radius 2 is 1.79 bits per heavy atom. The molecule has 108 valence electrons. The van der Waals surface area contributed by atoms with Gasteiger partial charge in [0.15, 0.2) is 0 Å². The molecule has 0 amide bonds. The Kier molecular flexibility index (Phi) is 6.84. The first-order chi connectivity index (χ1) is 9.12. The molecule has 1 unspecified atom stereocenters. The topological polar surface area (TPSA) is 63.9 Å². The molecule has 19 heavy (non-hydrogen) atoms. The van der Waals surface area contributed by atoms with Gasteiger partial charge in [-0.1, -0.05) is 26.0 Å². The molecular weight excluding hydrogens is 242 g/mol. The van der Waals surface area contributed by atoms with Crippen LogP contribution in [0, 0.1) is 0 Å². The van der Waals surface area contributed by atoms with Crippen molar-refractivity contribution in [2.75, 3.05) is 26.3 Å². The molecule has 0 aliphatic rings. The number of hydrogen-bond acceptors (Lipinski definition) is 4. The van der Waals surface area contributed by atoms with Gasteiger partial charge in [-0.3, -0.25) is 4.90 Å². The first-order valence-corrected chi connectivity index (χ1v) is 6.88. The van der Waals surface area contributed by atoms with Crippen molar-refractivity contribution in [3.63, 3.8) is 0 Å². The predicted octanol–water partition coefficient (Wildman–Crippen LogP) is 1.69. The molecule has 0 spiro atoms. The SMILES string of the molecule is CCC(C)c1ccc(O)c(CN(CCO)CCO)c1. The van der Waals surface area contributed by atoms with Crippen LogP contribution in [0.15, 0.2) is 18.2 Å². The number of rotatable bonds is 8. The number of aliphatic hydroxyl groups is 2. The maximum absolute atomic E-state index is 9.92. The zero-order valence-corrected chi connectivity index (χ0v) is 11.8. The van der Waals surface area contributed by atoms with E-state index in [0.717, 1.165) is 12.0 Å². The summed E-state index contributed by atoms with van der Waals surface area (Å²) in [6.45, 7) is 5.92. The number of aliphatic hydroxyl groups excluding tert-OH is 2. The van der Waals surface area contributed by atoms with Crippen LogP contribution in [0.2, 0.25) is 0 Å². The third-order valence-electron chi connectivity index (χ3n) is 3.51. The van der Waals surface area contributed by atoms with Gasteiger partial charge in [0.05, 0.1) is 13.2 Å². The summed E-state index contributed by atoms with van der Waals surface area (Å²) >= 11 is 0. The lowest BCUT2D eigenvalue weighted by molar-refractivity contribution is 0.155. The molecule has 1 rings (SSSR count). The second kappa shape index (κ2) is 8.15. The molecule has 0 radical (unpaired) electrons. The van der Waals surface area contributed by atoms with E-state index in [0.29, 0.717) is 25.6 Å². The standard InChI is InChI=1S/C15H25NO3/c1-3-12(2)13-4-5-15(19)14(10-13)11-16(6-8-17)7-9-18/h4-5,10,12,17-19H,3,6-9,11H2,1-2H3. The van der Waals surface area contributed by atoms with Gasteiger partial charge in [0.2, 0.25) is 0 Å². The van der Waals surface area contributed by atoms with E-state index in [1.165, 1.54) is 5.56 Å². The van der Waals surface area contributed by atoms with Gasteiger partial charge in [-0.25, -0.2) is 0 Å². The lowest BCUT2D eigenvalue weighted by Crippen LogP contribution is -2.29. The van der Waals surface area contributed by atoms with Gasteiger partial charge in [0.25, 0.3) is 0 Å². The number of hydrogen-bond donors (Lipinski definition) is 3. The van der Waals surface area contributed by atoms with Crippen LogP contribution >= 0.6 is 0 Å². The van der Waals surface area contributed by atoms with Gasteiger partial charge in [-0.2, -0.15) is 0 Å². The Morgan fingerprint density at radius 3 is 2.32 bits per heavy atom. The third-order valence-corrected chi connectivity index (χ3v) is 3.51. The maximum Gasteiger partial charge on any atom is 0.120 e. The maximum atomic E-state index is 9.92. The van der Waals surface area contributed by atoms with Crippen LogP contribution in [0.25, 0.3) is 0 Å². The van der Waals surface area contributed by atoms with Crippen molar-refractivity contribution in [1.82, 2.24) is 4.90 Å². The first-order valence-electron chi connectivity index (χ1n) is 6.88. The molecule has 4 nitrogen and oxygen atoms in total. The van der Waals surface area contributed by atoms with E-state index in [4.69, 9.17) is 10.2 Å². The second-order valence-corrected chi connectivity index (χ2v) is 4.92. The minimum Gasteiger partial charge on any atom is -0.508 e. The first kappa shape index (κ1) is 16.0. The van der Waals surface area contributed by atoms with E-state index in [9.17, 15) is 5.11 Å². The fourth-order valence-electron chi connectivity index (χ4n) is 2.07. The fraction of sp³-hybridized carbons (Fsp3) is 0.600. The van der Waals surface area contributed by atoms with E-state index in [1.807, 2.05) is 17.0 Å². The molecule has 0 aliphatic carbocycles. The monoisotopic (exact) mass is 267 g/mol. The summed E-state index contributed by atoms with van der Waals surface area (Å²) in [5.41, 5.74) is 2.06. The minimum atomic E-state index is 0.0474. The fourth-order valence-corrected chi connectivity index (χ4v) is 2.07. The van der Waals surface area contributed by atoms with Gasteiger partial charge in [0, 0.05) is 25.2 Å². The normalized spacial score (nSPS) is 12.9. The Bertz CT molecular complexity index is 376.